The summed E-state index contributed by atoms with van der Waals surface area (Å²) < 4.78 is 10.2. The minimum absolute atomic E-state index is 0.0795. The lowest BCUT2D eigenvalue weighted by molar-refractivity contribution is -0.122. The number of carbonyl (C=O) groups excluding carboxylic acids is 3. The number of rotatable bonds is 3. The number of hydrogen-bond donors (Lipinski definition) is 0. The van der Waals surface area contributed by atoms with Gasteiger partial charge in [-0.05, 0) is 37.1 Å². The second-order valence-corrected chi connectivity index (χ2v) is 6.03. The van der Waals surface area contributed by atoms with Gasteiger partial charge in [-0.25, -0.2) is 9.69 Å². The van der Waals surface area contributed by atoms with E-state index in [0.717, 1.165) is 0 Å². The first kappa shape index (κ1) is 15.4. The number of furan rings is 1. The lowest BCUT2D eigenvalue weighted by atomic mass is 9.85. The Kier molecular flexibility index (Phi) is 3.72. The van der Waals surface area contributed by atoms with Crippen molar-refractivity contribution < 1.29 is 23.5 Å². The van der Waals surface area contributed by atoms with Crippen LogP contribution < -0.4 is 9.64 Å². The molecule has 1 saturated heterocycles. The van der Waals surface area contributed by atoms with Crippen LogP contribution in [0.15, 0.2) is 59.2 Å². The van der Waals surface area contributed by atoms with Crippen molar-refractivity contribution in [3.63, 3.8) is 0 Å². The van der Waals surface area contributed by atoms with Crippen molar-refractivity contribution in [2.24, 2.45) is 11.8 Å². The van der Waals surface area contributed by atoms with E-state index in [1.54, 1.807) is 24.3 Å². The van der Waals surface area contributed by atoms with Crippen molar-refractivity contribution in [2.45, 2.75) is 12.8 Å². The Morgan fingerprint density at radius 2 is 1.76 bits per heavy atom. The molecule has 0 radical (unpaired) electrons. The van der Waals surface area contributed by atoms with Gasteiger partial charge in [0.1, 0.15) is 5.75 Å². The largest absolute Gasteiger partial charge is 0.457 e. The van der Waals surface area contributed by atoms with Crippen molar-refractivity contribution in [3.05, 3.63) is 60.6 Å². The molecule has 25 heavy (non-hydrogen) atoms. The highest BCUT2D eigenvalue weighted by Gasteiger charge is 2.47. The van der Waals surface area contributed by atoms with Crippen molar-refractivity contribution in [1.29, 1.82) is 0 Å². The number of esters is 1. The number of benzene rings is 1. The van der Waals surface area contributed by atoms with Crippen LogP contribution in [0.2, 0.25) is 0 Å². The Bertz CT molecular complexity index is 842. The molecule has 1 aliphatic carbocycles. The Morgan fingerprint density at radius 1 is 1.04 bits per heavy atom. The van der Waals surface area contributed by atoms with Gasteiger partial charge in [0.25, 0.3) is 0 Å². The highest BCUT2D eigenvalue weighted by molar-refractivity contribution is 6.22. The summed E-state index contributed by atoms with van der Waals surface area (Å²) in [5.74, 6) is -1.32. The van der Waals surface area contributed by atoms with E-state index in [4.69, 9.17) is 9.15 Å². The van der Waals surface area contributed by atoms with E-state index in [1.807, 2.05) is 12.2 Å². The molecule has 6 heteroatoms. The van der Waals surface area contributed by atoms with Crippen LogP contribution in [0.1, 0.15) is 23.4 Å². The Balaban J connectivity index is 1.58. The van der Waals surface area contributed by atoms with Gasteiger partial charge in [-0.15, -0.1) is 0 Å². The fourth-order valence-electron chi connectivity index (χ4n) is 3.29. The molecule has 2 atom stereocenters. The molecule has 0 spiro atoms. The summed E-state index contributed by atoms with van der Waals surface area (Å²) in [6, 6.07) is 9.48. The molecule has 4 rings (SSSR count). The number of ether oxygens (including phenoxy) is 1. The van der Waals surface area contributed by atoms with Gasteiger partial charge in [-0.2, -0.15) is 0 Å². The first-order valence-electron chi connectivity index (χ1n) is 8.03. The second-order valence-electron chi connectivity index (χ2n) is 6.03. The fraction of sp³-hybridized carbons (Fsp3) is 0.211. The van der Waals surface area contributed by atoms with Gasteiger partial charge in [-0.3, -0.25) is 9.59 Å². The first-order chi connectivity index (χ1) is 12.1. The van der Waals surface area contributed by atoms with Crippen LogP contribution in [-0.2, 0) is 9.59 Å². The summed E-state index contributed by atoms with van der Waals surface area (Å²) in [6.45, 7) is 0. The maximum Gasteiger partial charge on any atom is 0.379 e. The van der Waals surface area contributed by atoms with E-state index >= 15 is 0 Å². The molecule has 1 aliphatic heterocycles. The van der Waals surface area contributed by atoms with Gasteiger partial charge in [0.05, 0.1) is 23.8 Å². The van der Waals surface area contributed by atoms with Crippen LogP contribution in [0.4, 0.5) is 5.69 Å². The number of hydrogen-bond acceptors (Lipinski definition) is 5. The van der Waals surface area contributed by atoms with E-state index < -0.39 is 5.97 Å². The van der Waals surface area contributed by atoms with Crippen molar-refractivity contribution in [3.8, 4) is 5.75 Å². The summed E-state index contributed by atoms with van der Waals surface area (Å²) in [4.78, 5) is 38.4. The number of nitrogens with zero attached hydrogens (tertiary/aromatic N) is 1. The molecular weight excluding hydrogens is 322 g/mol. The van der Waals surface area contributed by atoms with Crippen LogP contribution >= 0.6 is 0 Å². The summed E-state index contributed by atoms with van der Waals surface area (Å²) in [7, 11) is 0. The second kappa shape index (κ2) is 6.05. The number of carbonyl (C=O) groups is 3. The zero-order valence-electron chi connectivity index (χ0n) is 13.3. The quantitative estimate of drug-likeness (QED) is 0.372. The molecule has 126 valence electrons. The molecule has 0 unspecified atom stereocenters. The number of anilines is 1. The third-order valence-corrected chi connectivity index (χ3v) is 4.52. The predicted molar refractivity (Wildman–Crippen MR) is 88.0 cm³/mol. The van der Waals surface area contributed by atoms with Gasteiger partial charge >= 0.3 is 5.97 Å². The smallest absolute Gasteiger partial charge is 0.379 e. The van der Waals surface area contributed by atoms with E-state index in [9.17, 15) is 14.4 Å². The van der Waals surface area contributed by atoms with E-state index in [1.165, 1.54) is 23.3 Å². The Morgan fingerprint density at radius 3 is 2.40 bits per heavy atom. The Labute approximate surface area is 143 Å². The van der Waals surface area contributed by atoms with Crippen molar-refractivity contribution in [1.82, 2.24) is 0 Å². The van der Waals surface area contributed by atoms with Crippen LogP contribution in [-0.4, -0.2) is 17.8 Å². The molecule has 2 amide bonds. The van der Waals surface area contributed by atoms with Gasteiger partial charge in [0, 0.05) is 6.07 Å². The number of allylic oxidation sites excluding steroid dienone is 2. The molecule has 0 N–H and O–H groups in total. The third kappa shape index (κ3) is 2.65. The van der Waals surface area contributed by atoms with Crippen molar-refractivity contribution >= 4 is 23.5 Å². The number of imide groups is 1. The van der Waals surface area contributed by atoms with Gasteiger partial charge in [0.2, 0.25) is 17.6 Å². The van der Waals surface area contributed by atoms with Crippen LogP contribution in [0.3, 0.4) is 0 Å². The van der Waals surface area contributed by atoms with E-state index in [-0.39, 0.29) is 35.2 Å². The molecule has 0 bridgehead atoms. The third-order valence-electron chi connectivity index (χ3n) is 4.52. The van der Waals surface area contributed by atoms with E-state index in [0.29, 0.717) is 18.5 Å². The minimum atomic E-state index is -0.640. The molecule has 1 fully saturated rings. The maximum atomic E-state index is 12.6. The maximum absolute atomic E-state index is 12.6. The Hall–Kier alpha value is -3.15. The molecular formula is C19H15NO5. The van der Waals surface area contributed by atoms with Crippen molar-refractivity contribution in [2.75, 3.05) is 4.90 Å². The molecule has 2 heterocycles. The molecule has 1 aromatic heterocycles. The van der Waals surface area contributed by atoms with Gasteiger partial charge in [0.15, 0.2) is 0 Å². The highest BCUT2D eigenvalue weighted by atomic mass is 16.5. The number of amides is 2. The lowest BCUT2D eigenvalue weighted by Crippen LogP contribution is -2.30. The predicted octanol–water partition coefficient (Wildman–Crippen LogP) is 2.95. The highest BCUT2D eigenvalue weighted by Crippen LogP contribution is 2.38. The molecule has 2 aliphatic rings. The zero-order valence-corrected chi connectivity index (χ0v) is 13.3. The zero-order chi connectivity index (χ0) is 17.4. The summed E-state index contributed by atoms with van der Waals surface area (Å²) >= 11 is 0. The van der Waals surface area contributed by atoms with E-state index in [2.05, 4.69) is 0 Å². The minimum Gasteiger partial charge on any atom is -0.457 e. The SMILES string of the molecule is O=C(Oc1cccc(N2C(=O)[C@@H]3CC=CC[C@H]3C2=O)c1)c1ccco1. The summed E-state index contributed by atoms with van der Waals surface area (Å²) in [6.07, 6.45) is 6.43. The van der Waals surface area contributed by atoms with Gasteiger partial charge < -0.3 is 9.15 Å². The molecule has 2 aromatic rings. The summed E-state index contributed by atoms with van der Waals surface area (Å²) in [5.41, 5.74) is 0.411. The van der Waals surface area contributed by atoms with Crippen LogP contribution in [0.5, 0.6) is 5.75 Å². The normalized spacial score (nSPS) is 22.2. The average Bonchev–Trinajstić information content (AvgIpc) is 3.24. The molecule has 0 saturated carbocycles. The molecule has 6 nitrogen and oxygen atoms in total. The fourth-order valence-corrected chi connectivity index (χ4v) is 3.29. The number of fused-ring (bicyclic) bond motifs is 1. The lowest BCUT2D eigenvalue weighted by Gasteiger charge is -2.15. The topological polar surface area (TPSA) is 76.8 Å². The van der Waals surface area contributed by atoms with Crippen LogP contribution in [0, 0.1) is 11.8 Å². The summed E-state index contributed by atoms with van der Waals surface area (Å²) in [5, 5.41) is 0. The van der Waals surface area contributed by atoms with Gasteiger partial charge in [-0.1, -0.05) is 18.2 Å². The first-order valence-corrected chi connectivity index (χ1v) is 8.03. The standard InChI is InChI=1S/C19H15NO5/c21-17-14-7-1-2-8-15(14)18(22)20(17)12-5-3-6-13(11-12)25-19(23)16-9-4-10-24-16/h1-6,9-11,14-15H,7-8H2/t14-,15-/m1/s1. The monoisotopic (exact) mass is 337 g/mol. The van der Waals surface area contributed by atoms with Crippen LogP contribution in [0.25, 0.3) is 0 Å². The molecule has 1 aromatic carbocycles. The average molecular weight is 337 g/mol.